The third-order valence-corrected chi connectivity index (χ3v) is 3.59. The van der Waals surface area contributed by atoms with Crippen molar-refractivity contribution in [2.75, 3.05) is 24.9 Å². The van der Waals surface area contributed by atoms with Gasteiger partial charge in [0.15, 0.2) is 5.11 Å². The van der Waals surface area contributed by atoms with E-state index in [-0.39, 0.29) is 16.6 Å². The second-order valence-corrected chi connectivity index (χ2v) is 5.56. The Hall–Kier alpha value is -2.05. The molecule has 0 aliphatic heterocycles. The molecule has 122 valence electrons. The molecule has 0 aliphatic rings. The predicted octanol–water partition coefficient (Wildman–Crippen LogP) is 4.61. The molecule has 23 heavy (non-hydrogen) atoms. The van der Waals surface area contributed by atoms with E-state index in [9.17, 15) is 4.39 Å². The number of nitrogens with one attached hydrogen (secondary N) is 2. The molecule has 2 aromatic carbocycles. The molecule has 0 amide bonds. The Bertz CT molecular complexity index is 740. The second kappa shape index (κ2) is 7.48. The molecule has 0 aromatic heterocycles. The highest BCUT2D eigenvalue weighted by Crippen LogP contribution is 2.36. The molecule has 2 rings (SSSR count). The normalized spacial score (nSPS) is 10.1. The van der Waals surface area contributed by atoms with Crippen LogP contribution in [0.4, 0.5) is 15.8 Å². The Morgan fingerprint density at radius 1 is 1.04 bits per heavy atom. The number of thiocarbonyl (C=S) groups is 1. The quantitative estimate of drug-likeness (QED) is 0.784. The highest BCUT2D eigenvalue weighted by molar-refractivity contribution is 7.80. The minimum atomic E-state index is -0.381. The maximum Gasteiger partial charge on any atom is 0.175 e. The third kappa shape index (κ3) is 4.24. The van der Waals surface area contributed by atoms with E-state index >= 15 is 0 Å². The number of hydrogen-bond acceptors (Lipinski definition) is 3. The van der Waals surface area contributed by atoms with Gasteiger partial charge >= 0.3 is 0 Å². The smallest absolute Gasteiger partial charge is 0.175 e. The van der Waals surface area contributed by atoms with Gasteiger partial charge in [-0.3, -0.25) is 0 Å². The predicted molar refractivity (Wildman–Crippen MR) is 95.5 cm³/mol. The van der Waals surface area contributed by atoms with Crippen LogP contribution in [0.1, 0.15) is 5.56 Å². The Balaban J connectivity index is 2.18. The number of rotatable bonds is 4. The van der Waals surface area contributed by atoms with E-state index in [0.717, 1.165) is 5.56 Å². The molecule has 0 bridgehead atoms. The topological polar surface area (TPSA) is 42.5 Å². The minimum absolute atomic E-state index is 0.215. The summed E-state index contributed by atoms with van der Waals surface area (Å²) in [6.07, 6.45) is 0. The molecule has 0 heterocycles. The Labute approximate surface area is 144 Å². The van der Waals surface area contributed by atoms with Crippen LogP contribution in [0.25, 0.3) is 0 Å². The van der Waals surface area contributed by atoms with Gasteiger partial charge in [0.1, 0.15) is 17.3 Å². The monoisotopic (exact) mass is 354 g/mol. The van der Waals surface area contributed by atoms with Crippen molar-refractivity contribution in [1.82, 2.24) is 0 Å². The molecule has 0 unspecified atom stereocenters. The molecule has 0 atom stereocenters. The fourth-order valence-corrected chi connectivity index (χ4v) is 2.42. The molecule has 0 radical (unpaired) electrons. The average molecular weight is 355 g/mol. The number of anilines is 2. The zero-order valence-electron chi connectivity index (χ0n) is 12.9. The fraction of sp³-hybridized carbons (Fsp3) is 0.188. The van der Waals surface area contributed by atoms with Crippen molar-refractivity contribution < 1.29 is 13.9 Å². The van der Waals surface area contributed by atoms with E-state index in [1.165, 1.54) is 20.3 Å². The van der Waals surface area contributed by atoms with Gasteiger partial charge < -0.3 is 20.1 Å². The van der Waals surface area contributed by atoms with Gasteiger partial charge in [-0.2, -0.15) is 0 Å². The van der Waals surface area contributed by atoms with E-state index in [0.29, 0.717) is 22.2 Å². The maximum atomic E-state index is 13.8. The van der Waals surface area contributed by atoms with Gasteiger partial charge in [0.05, 0.1) is 30.6 Å². The van der Waals surface area contributed by atoms with Gasteiger partial charge in [0.2, 0.25) is 0 Å². The molecule has 2 aromatic rings. The lowest BCUT2D eigenvalue weighted by atomic mass is 10.2. The van der Waals surface area contributed by atoms with Crippen LogP contribution in [0.3, 0.4) is 0 Å². The minimum Gasteiger partial charge on any atom is -0.495 e. The molecule has 0 aliphatic carbocycles. The van der Waals surface area contributed by atoms with Crippen molar-refractivity contribution in [2.24, 2.45) is 0 Å². The van der Waals surface area contributed by atoms with Gasteiger partial charge in [0.25, 0.3) is 0 Å². The lowest BCUT2D eigenvalue weighted by Gasteiger charge is -2.15. The highest BCUT2D eigenvalue weighted by atomic mass is 35.5. The van der Waals surface area contributed by atoms with Gasteiger partial charge in [-0.1, -0.05) is 17.7 Å². The number of ether oxygens (including phenoxy) is 2. The number of methoxy groups -OCH3 is 2. The molecule has 0 saturated heterocycles. The number of hydrogen-bond donors (Lipinski definition) is 2. The summed E-state index contributed by atoms with van der Waals surface area (Å²) in [5, 5.41) is 6.35. The van der Waals surface area contributed by atoms with Crippen LogP contribution < -0.4 is 20.1 Å². The zero-order valence-corrected chi connectivity index (χ0v) is 14.4. The molecule has 2 N–H and O–H groups in total. The number of halogens is 2. The van der Waals surface area contributed by atoms with E-state index in [1.807, 2.05) is 6.92 Å². The van der Waals surface area contributed by atoms with Crippen LogP contribution in [-0.4, -0.2) is 19.3 Å². The summed E-state index contributed by atoms with van der Waals surface area (Å²) in [6, 6.07) is 8.10. The number of benzene rings is 2. The first-order valence-corrected chi connectivity index (χ1v) is 7.49. The van der Waals surface area contributed by atoms with E-state index in [2.05, 4.69) is 10.6 Å². The first-order valence-electron chi connectivity index (χ1n) is 6.70. The van der Waals surface area contributed by atoms with Gasteiger partial charge in [-0.25, -0.2) is 4.39 Å². The summed E-state index contributed by atoms with van der Waals surface area (Å²) in [5.41, 5.74) is 1.66. The molecule has 4 nitrogen and oxygen atoms in total. The summed E-state index contributed by atoms with van der Waals surface area (Å²) in [6.45, 7) is 1.81. The summed E-state index contributed by atoms with van der Waals surface area (Å²) in [5.74, 6) is 0.603. The van der Waals surface area contributed by atoms with Gasteiger partial charge in [0, 0.05) is 6.07 Å². The first kappa shape index (κ1) is 17.3. The first-order chi connectivity index (χ1) is 10.9. The van der Waals surface area contributed by atoms with Crippen LogP contribution in [0, 0.1) is 12.7 Å². The van der Waals surface area contributed by atoms with Crippen LogP contribution >= 0.6 is 23.8 Å². The van der Waals surface area contributed by atoms with Crippen molar-refractivity contribution in [1.29, 1.82) is 0 Å². The molecular formula is C16H16ClFN2O2S. The van der Waals surface area contributed by atoms with Gasteiger partial charge in [-0.15, -0.1) is 0 Å². The van der Waals surface area contributed by atoms with Crippen molar-refractivity contribution in [2.45, 2.75) is 6.92 Å². The lowest BCUT2D eigenvalue weighted by molar-refractivity contribution is 0.396. The second-order valence-electron chi connectivity index (χ2n) is 4.75. The number of aryl methyl sites for hydroxylation is 1. The molecular weight excluding hydrogens is 339 g/mol. The van der Waals surface area contributed by atoms with Crippen LogP contribution in [-0.2, 0) is 0 Å². The molecule has 0 fully saturated rings. The van der Waals surface area contributed by atoms with E-state index in [4.69, 9.17) is 33.3 Å². The standard InChI is InChI=1S/C16H16ClFN2O2S/c1-9-4-5-12(11(18)6-9)19-16(23)20-13-7-10(17)14(21-2)8-15(13)22-3/h4-8H,1-3H3,(H2,19,20,23). The Morgan fingerprint density at radius 2 is 1.70 bits per heavy atom. The lowest BCUT2D eigenvalue weighted by Crippen LogP contribution is -2.20. The average Bonchev–Trinajstić information content (AvgIpc) is 2.50. The van der Waals surface area contributed by atoms with Crippen molar-refractivity contribution in [3.63, 3.8) is 0 Å². The van der Waals surface area contributed by atoms with Crippen LogP contribution in [0.5, 0.6) is 11.5 Å². The third-order valence-electron chi connectivity index (χ3n) is 3.09. The fourth-order valence-electron chi connectivity index (χ4n) is 1.96. The highest BCUT2D eigenvalue weighted by Gasteiger charge is 2.12. The van der Waals surface area contributed by atoms with Crippen molar-refractivity contribution in [3.8, 4) is 11.5 Å². The summed E-state index contributed by atoms with van der Waals surface area (Å²) >= 11 is 11.3. The summed E-state index contributed by atoms with van der Waals surface area (Å²) < 4.78 is 24.2. The molecule has 0 saturated carbocycles. The zero-order chi connectivity index (χ0) is 17.0. The van der Waals surface area contributed by atoms with E-state index < -0.39 is 0 Å². The van der Waals surface area contributed by atoms with Crippen LogP contribution in [0.15, 0.2) is 30.3 Å². The Morgan fingerprint density at radius 3 is 2.30 bits per heavy atom. The Kier molecular flexibility index (Phi) is 5.63. The van der Waals surface area contributed by atoms with E-state index in [1.54, 1.807) is 24.3 Å². The molecule has 0 spiro atoms. The maximum absolute atomic E-state index is 13.8. The molecule has 7 heteroatoms. The van der Waals surface area contributed by atoms with Crippen molar-refractivity contribution >= 4 is 40.3 Å². The van der Waals surface area contributed by atoms with Crippen LogP contribution in [0.2, 0.25) is 5.02 Å². The largest absolute Gasteiger partial charge is 0.495 e. The SMILES string of the molecule is COc1cc(OC)c(NC(=S)Nc2ccc(C)cc2F)cc1Cl. The van der Waals surface area contributed by atoms with Crippen molar-refractivity contribution in [3.05, 3.63) is 46.7 Å². The summed E-state index contributed by atoms with van der Waals surface area (Å²) in [7, 11) is 3.03. The van der Waals surface area contributed by atoms with Gasteiger partial charge in [-0.05, 0) is 42.9 Å². The summed E-state index contributed by atoms with van der Waals surface area (Å²) in [4.78, 5) is 0.